The van der Waals surface area contributed by atoms with Gasteiger partial charge in [-0.15, -0.1) is 0 Å². The van der Waals surface area contributed by atoms with E-state index in [2.05, 4.69) is 36.8 Å². The van der Waals surface area contributed by atoms with Crippen LogP contribution in [0.5, 0.6) is 11.6 Å². The van der Waals surface area contributed by atoms with Gasteiger partial charge in [0.2, 0.25) is 5.88 Å². The lowest BCUT2D eigenvalue weighted by molar-refractivity contribution is 0.274. The molecule has 0 unspecified atom stereocenters. The highest BCUT2D eigenvalue weighted by Crippen LogP contribution is 2.26. The molecule has 0 saturated carbocycles. The Labute approximate surface area is 113 Å². The highest BCUT2D eigenvalue weighted by molar-refractivity contribution is 5.37. The first-order valence-corrected chi connectivity index (χ1v) is 6.30. The van der Waals surface area contributed by atoms with Gasteiger partial charge in [-0.1, -0.05) is 19.9 Å². The highest BCUT2D eigenvalue weighted by atomic mass is 16.5. The summed E-state index contributed by atoms with van der Waals surface area (Å²) in [5.41, 5.74) is 2.99. The second kappa shape index (κ2) is 5.80. The van der Waals surface area contributed by atoms with E-state index in [0.29, 0.717) is 17.5 Å². The van der Waals surface area contributed by atoms with Gasteiger partial charge < -0.3 is 9.84 Å². The van der Waals surface area contributed by atoms with E-state index in [1.807, 2.05) is 12.1 Å². The summed E-state index contributed by atoms with van der Waals surface area (Å²) in [6, 6.07) is 5.98. The van der Waals surface area contributed by atoms with Crippen molar-refractivity contribution in [3.8, 4) is 11.6 Å². The molecule has 0 aliphatic heterocycles. The summed E-state index contributed by atoms with van der Waals surface area (Å²) >= 11 is 0. The molecule has 0 atom stereocenters. The lowest BCUT2D eigenvalue weighted by Crippen LogP contribution is -1.96. The van der Waals surface area contributed by atoms with Crippen molar-refractivity contribution in [2.24, 2.45) is 0 Å². The Morgan fingerprint density at radius 3 is 2.68 bits per heavy atom. The average Bonchev–Trinajstić information content (AvgIpc) is 2.38. The Morgan fingerprint density at radius 2 is 2.05 bits per heavy atom. The SMILES string of the molecule is Cc1cc(Oc2cncc(CO)n2)ccc1C(C)C. The van der Waals surface area contributed by atoms with Gasteiger partial charge in [-0.25, -0.2) is 4.98 Å². The molecule has 1 heterocycles. The van der Waals surface area contributed by atoms with Crippen molar-refractivity contribution in [2.45, 2.75) is 33.3 Å². The van der Waals surface area contributed by atoms with Crippen LogP contribution in [0.25, 0.3) is 0 Å². The van der Waals surface area contributed by atoms with Gasteiger partial charge in [0.1, 0.15) is 5.75 Å². The molecule has 4 nitrogen and oxygen atoms in total. The highest BCUT2D eigenvalue weighted by Gasteiger charge is 2.06. The molecule has 0 spiro atoms. The molecule has 2 aromatic rings. The first-order valence-electron chi connectivity index (χ1n) is 6.30. The first kappa shape index (κ1) is 13.5. The summed E-state index contributed by atoms with van der Waals surface area (Å²) in [5, 5.41) is 9.01. The van der Waals surface area contributed by atoms with Crippen molar-refractivity contribution in [3.63, 3.8) is 0 Å². The standard InChI is InChI=1S/C15H18N2O2/c1-10(2)14-5-4-13(6-11(14)3)19-15-8-16-7-12(9-18)17-15/h4-8,10,18H,9H2,1-3H3. The molecular weight excluding hydrogens is 240 g/mol. The first-order chi connectivity index (χ1) is 9.10. The molecule has 100 valence electrons. The molecule has 1 N–H and O–H groups in total. The molecule has 0 amide bonds. The van der Waals surface area contributed by atoms with Gasteiger partial charge in [0.15, 0.2) is 0 Å². The van der Waals surface area contributed by atoms with Crippen molar-refractivity contribution in [1.82, 2.24) is 9.97 Å². The van der Waals surface area contributed by atoms with Crippen LogP contribution in [0.4, 0.5) is 0 Å². The maximum absolute atomic E-state index is 9.01. The molecule has 0 radical (unpaired) electrons. The van der Waals surface area contributed by atoms with Crippen LogP contribution in [0.15, 0.2) is 30.6 Å². The fourth-order valence-corrected chi connectivity index (χ4v) is 1.99. The third-order valence-corrected chi connectivity index (χ3v) is 2.91. The zero-order valence-electron chi connectivity index (χ0n) is 11.4. The Bertz CT molecular complexity index is 568. The van der Waals surface area contributed by atoms with Crippen LogP contribution >= 0.6 is 0 Å². The monoisotopic (exact) mass is 258 g/mol. The molecule has 0 fully saturated rings. The summed E-state index contributed by atoms with van der Waals surface area (Å²) in [6.07, 6.45) is 3.05. The van der Waals surface area contributed by atoms with Gasteiger partial charge in [-0.3, -0.25) is 4.98 Å². The second-order valence-electron chi connectivity index (χ2n) is 4.78. The number of aliphatic hydroxyl groups excluding tert-OH is 1. The van der Waals surface area contributed by atoms with Crippen molar-refractivity contribution >= 4 is 0 Å². The summed E-state index contributed by atoms with van der Waals surface area (Å²) < 4.78 is 5.65. The van der Waals surface area contributed by atoms with Gasteiger partial charge in [0, 0.05) is 0 Å². The second-order valence-corrected chi connectivity index (χ2v) is 4.78. The molecule has 2 rings (SSSR count). The van der Waals surface area contributed by atoms with Crippen LogP contribution in [0.2, 0.25) is 0 Å². The fourth-order valence-electron chi connectivity index (χ4n) is 1.99. The lowest BCUT2D eigenvalue weighted by Gasteiger charge is -2.12. The van der Waals surface area contributed by atoms with E-state index in [1.165, 1.54) is 23.5 Å². The van der Waals surface area contributed by atoms with Crippen LogP contribution < -0.4 is 4.74 Å². The smallest absolute Gasteiger partial charge is 0.238 e. The third kappa shape index (κ3) is 3.29. The predicted octanol–water partition coefficient (Wildman–Crippen LogP) is 3.19. The van der Waals surface area contributed by atoms with E-state index in [-0.39, 0.29) is 6.61 Å². The molecule has 1 aromatic heterocycles. The molecule has 0 bridgehead atoms. The number of rotatable bonds is 4. The van der Waals surface area contributed by atoms with Crippen molar-refractivity contribution in [1.29, 1.82) is 0 Å². The maximum Gasteiger partial charge on any atom is 0.238 e. The van der Waals surface area contributed by atoms with E-state index >= 15 is 0 Å². The Kier molecular flexibility index (Phi) is 4.12. The summed E-state index contributed by atoms with van der Waals surface area (Å²) in [6.45, 7) is 6.26. The van der Waals surface area contributed by atoms with Gasteiger partial charge in [0.05, 0.1) is 24.7 Å². The molecule has 4 heteroatoms. The Balaban J connectivity index is 2.21. The number of nitrogens with zero attached hydrogens (tertiary/aromatic N) is 2. The Morgan fingerprint density at radius 1 is 1.26 bits per heavy atom. The minimum Gasteiger partial charge on any atom is -0.437 e. The van der Waals surface area contributed by atoms with Crippen LogP contribution in [-0.2, 0) is 6.61 Å². The molecule has 0 aliphatic carbocycles. The number of aliphatic hydroxyl groups is 1. The quantitative estimate of drug-likeness (QED) is 0.915. The van der Waals surface area contributed by atoms with Crippen LogP contribution in [-0.4, -0.2) is 15.1 Å². The molecule has 19 heavy (non-hydrogen) atoms. The summed E-state index contributed by atoms with van der Waals surface area (Å²) in [4.78, 5) is 8.11. The van der Waals surface area contributed by atoms with Crippen molar-refractivity contribution in [2.75, 3.05) is 0 Å². The van der Waals surface area contributed by atoms with Gasteiger partial charge in [-0.05, 0) is 36.1 Å². The molecule has 0 aliphatic rings. The molecule has 0 saturated heterocycles. The van der Waals surface area contributed by atoms with Crippen LogP contribution in [0, 0.1) is 6.92 Å². The molecular formula is C15H18N2O2. The fraction of sp³-hybridized carbons (Fsp3) is 0.333. The van der Waals surface area contributed by atoms with E-state index in [0.717, 1.165) is 5.75 Å². The number of aromatic nitrogens is 2. The predicted molar refractivity (Wildman–Crippen MR) is 73.3 cm³/mol. The lowest BCUT2D eigenvalue weighted by atomic mass is 9.98. The Hall–Kier alpha value is -1.94. The molecule has 1 aromatic carbocycles. The van der Waals surface area contributed by atoms with Crippen molar-refractivity contribution in [3.05, 3.63) is 47.4 Å². The van der Waals surface area contributed by atoms with Crippen LogP contribution in [0.1, 0.15) is 36.6 Å². The van der Waals surface area contributed by atoms with Gasteiger partial charge in [-0.2, -0.15) is 0 Å². The minimum atomic E-state index is -0.143. The van der Waals surface area contributed by atoms with Crippen LogP contribution in [0.3, 0.4) is 0 Å². The third-order valence-electron chi connectivity index (χ3n) is 2.91. The zero-order valence-corrected chi connectivity index (χ0v) is 11.4. The average molecular weight is 258 g/mol. The normalized spacial score (nSPS) is 10.8. The van der Waals surface area contributed by atoms with Crippen molar-refractivity contribution < 1.29 is 9.84 Å². The van der Waals surface area contributed by atoms with E-state index in [4.69, 9.17) is 9.84 Å². The van der Waals surface area contributed by atoms with Gasteiger partial charge in [0.25, 0.3) is 0 Å². The number of benzene rings is 1. The van der Waals surface area contributed by atoms with E-state index < -0.39 is 0 Å². The number of ether oxygens (including phenoxy) is 1. The zero-order chi connectivity index (χ0) is 13.8. The number of aryl methyl sites for hydroxylation is 1. The van der Waals surface area contributed by atoms with Gasteiger partial charge >= 0.3 is 0 Å². The summed E-state index contributed by atoms with van der Waals surface area (Å²) in [7, 11) is 0. The maximum atomic E-state index is 9.01. The topological polar surface area (TPSA) is 55.2 Å². The van der Waals surface area contributed by atoms with E-state index in [9.17, 15) is 0 Å². The van der Waals surface area contributed by atoms with E-state index in [1.54, 1.807) is 0 Å². The summed E-state index contributed by atoms with van der Waals surface area (Å²) in [5.74, 6) is 1.61. The minimum absolute atomic E-state index is 0.143. The number of hydrogen-bond acceptors (Lipinski definition) is 4. The largest absolute Gasteiger partial charge is 0.437 e. The number of hydrogen-bond donors (Lipinski definition) is 1.